The van der Waals surface area contributed by atoms with Crippen LogP contribution in [0.3, 0.4) is 0 Å². The lowest BCUT2D eigenvalue weighted by Crippen LogP contribution is -2.49. The number of rotatable bonds is 6. The maximum absolute atomic E-state index is 13.2. The second kappa shape index (κ2) is 10.5. The molecule has 3 heterocycles. The van der Waals surface area contributed by atoms with Gasteiger partial charge >= 0.3 is 0 Å². The number of hydrogen-bond donors (Lipinski definition) is 0. The van der Waals surface area contributed by atoms with Gasteiger partial charge in [0.2, 0.25) is 0 Å². The molecule has 1 amide bonds. The molecule has 1 aliphatic rings. The maximum Gasteiger partial charge on any atom is 0.263 e. The minimum Gasteiger partial charge on any atom is -0.352 e. The Bertz CT molecular complexity index is 1620. The van der Waals surface area contributed by atoms with Crippen LogP contribution in [0.1, 0.15) is 35.9 Å². The first-order valence-corrected chi connectivity index (χ1v) is 13.9. The predicted octanol–water partition coefficient (Wildman–Crippen LogP) is 6.51. The second-order valence-electron chi connectivity index (χ2n) is 9.60. The molecule has 3 aromatic carbocycles. The number of carbonyl (C=O) groups excluding carboxylic acids is 1. The first kappa shape index (κ1) is 24.6. The molecular formula is C30H28BrN5O2. The second-order valence-corrected chi connectivity index (χ2v) is 10.5. The van der Waals surface area contributed by atoms with E-state index < -0.39 is 0 Å². The van der Waals surface area contributed by atoms with Crippen LogP contribution in [0.15, 0.2) is 75.7 Å². The van der Waals surface area contributed by atoms with E-state index in [1.165, 1.54) is 5.39 Å². The van der Waals surface area contributed by atoms with E-state index in [0.29, 0.717) is 37.5 Å². The third kappa shape index (κ3) is 4.65. The summed E-state index contributed by atoms with van der Waals surface area (Å²) in [5, 5.41) is 7.61. The van der Waals surface area contributed by atoms with E-state index in [9.17, 15) is 4.79 Å². The van der Waals surface area contributed by atoms with Crippen LogP contribution in [0.2, 0.25) is 0 Å². The van der Waals surface area contributed by atoms with Crippen LogP contribution in [0.4, 0.5) is 5.82 Å². The van der Waals surface area contributed by atoms with Gasteiger partial charge in [0.1, 0.15) is 22.7 Å². The fourth-order valence-corrected chi connectivity index (χ4v) is 5.47. The number of unbranched alkanes of at least 4 members (excludes halogenated alkanes) is 1. The van der Waals surface area contributed by atoms with Gasteiger partial charge in [0, 0.05) is 42.6 Å². The summed E-state index contributed by atoms with van der Waals surface area (Å²) in [5.74, 6) is 1.64. The van der Waals surface area contributed by atoms with E-state index in [1.807, 2.05) is 41.3 Å². The minimum atomic E-state index is 0.0374. The summed E-state index contributed by atoms with van der Waals surface area (Å²) in [6.45, 7) is 4.70. The predicted molar refractivity (Wildman–Crippen MR) is 153 cm³/mol. The van der Waals surface area contributed by atoms with Crippen molar-refractivity contribution in [3.05, 3.63) is 82.6 Å². The van der Waals surface area contributed by atoms with Crippen molar-refractivity contribution in [3.8, 4) is 11.3 Å². The highest BCUT2D eigenvalue weighted by Crippen LogP contribution is 2.35. The Morgan fingerprint density at radius 1 is 0.947 bits per heavy atom. The van der Waals surface area contributed by atoms with Gasteiger partial charge in [0.25, 0.3) is 11.6 Å². The molecule has 1 aliphatic heterocycles. The van der Waals surface area contributed by atoms with Crippen molar-refractivity contribution in [2.45, 2.75) is 26.2 Å². The Morgan fingerprint density at radius 2 is 1.71 bits per heavy atom. The number of nitrogens with zero attached hydrogens (tertiary/aromatic N) is 5. The minimum absolute atomic E-state index is 0.0374. The van der Waals surface area contributed by atoms with E-state index in [-0.39, 0.29) is 5.91 Å². The highest BCUT2D eigenvalue weighted by atomic mass is 79.9. The number of benzene rings is 3. The van der Waals surface area contributed by atoms with Gasteiger partial charge in [-0.1, -0.05) is 67.0 Å². The summed E-state index contributed by atoms with van der Waals surface area (Å²) in [4.78, 5) is 27.1. The van der Waals surface area contributed by atoms with Crippen LogP contribution >= 0.6 is 15.9 Å². The molecule has 2 aromatic heterocycles. The number of halogens is 1. The van der Waals surface area contributed by atoms with Crippen molar-refractivity contribution >= 4 is 49.5 Å². The van der Waals surface area contributed by atoms with Gasteiger partial charge in [-0.2, -0.15) is 4.98 Å². The Kier molecular flexibility index (Phi) is 6.81. The zero-order chi connectivity index (χ0) is 26.1. The first-order valence-electron chi connectivity index (χ1n) is 13.1. The van der Waals surface area contributed by atoms with Gasteiger partial charge in [-0.15, -0.1) is 0 Å². The number of anilines is 1. The van der Waals surface area contributed by atoms with Gasteiger partial charge in [-0.25, -0.2) is 4.98 Å². The maximum atomic E-state index is 13.2. The third-order valence-electron chi connectivity index (χ3n) is 7.11. The molecule has 5 aromatic rings. The Balaban J connectivity index is 1.35. The van der Waals surface area contributed by atoms with Crippen molar-refractivity contribution in [1.29, 1.82) is 0 Å². The Hall–Kier alpha value is -3.78. The standard InChI is InChI=1S/C30H28BrN5O2/c1-2-3-12-25-32-28(35-15-17-36(18-16-35)30(37)23-10-6-7-11-24(23)31)26-27(34-38-29(26)33-25)22-14-13-20-8-4-5-9-21(20)19-22/h4-11,13-14,19H,2-3,12,15-18H2,1H3. The quantitative estimate of drug-likeness (QED) is 0.232. The van der Waals surface area contributed by atoms with Crippen molar-refractivity contribution in [3.63, 3.8) is 0 Å². The van der Waals surface area contributed by atoms with Gasteiger partial charge < -0.3 is 14.3 Å². The van der Waals surface area contributed by atoms with E-state index in [4.69, 9.17) is 14.5 Å². The van der Waals surface area contributed by atoms with Crippen LogP contribution in [-0.4, -0.2) is 52.1 Å². The fourth-order valence-electron chi connectivity index (χ4n) is 5.02. The summed E-state index contributed by atoms with van der Waals surface area (Å²) in [5.41, 5.74) is 2.91. The summed E-state index contributed by atoms with van der Waals surface area (Å²) < 4.78 is 6.62. The van der Waals surface area contributed by atoms with E-state index in [0.717, 1.165) is 57.4 Å². The zero-order valence-corrected chi connectivity index (χ0v) is 22.8. The monoisotopic (exact) mass is 569 g/mol. The number of amides is 1. The SMILES string of the molecule is CCCCc1nc(N2CCN(C(=O)c3ccccc3Br)CC2)c2c(-c3ccc4ccccc4c3)noc2n1. The van der Waals surface area contributed by atoms with Crippen LogP contribution < -0.4 is 4.90 Å². The fraction of sp³-hybridized carbons (Fsp3) is 0.267. The van der Waals surface area contributed by atoms with Gasteiger partial charge in [-0.3, -0.25) is 4.79 Å². The molecule has 38 heavy (non-hydrogen) atoms. The molecule has 0 atom stereocenters. The summed E-state index contributed by atoms with van der Waals surface area (Å²) in [6, 6.07) is 22.2. The molecule has 6 rings (SSSR count). The smallest absolute Gasteiger partial charge is 0.263 e. The summed E-state index contributed by atoms with van der Waals surface area (Å²) >= 11 is 3.52. The van der Waals surface area contributed by atoms with Gasteiger partial charge in [-0.05, 0) is 51.3 Å². The van der Waals surface area contributed by atoms with Gasteiger partial charge in [0.05, 0.1) is 5.56 Å². The molecule has 0 unspecified atom stereocenters. The highest BCUT2D eigenvalue weighted by molar-refractivity contribution is 9.10. The molecular weight excluding hydrogens is 542 g/mol. The van der Waals surface area contributed by atoms with Crippen LogP contribution in [0, 0.1) is 0 Å². The molecule has 0 aliphatic carbocycles. The molecule has 0 saturated carbocycles. The number of piperazine rings is 1. The van der Waals surface area contributed by atoms with E-state index >= 15 is 0 Å². The Morgan fingerprint density at radius 3 is 2.50 bits per heavy atom. The topological polar surface area (TPSA) is 75.4 Å². The van der Waals surface area contributed by atoms with Crippen LogP contribution in [0.5, 0.6) is 0 Å². The number of aromatic nitrogens is 3. The average molecular weight is 570 g/mol. The number of fused-ring (bicyclic) bond motifs is 2. The number of hydrogen-bond acceptors (Lipinski definition) is 6. The molecule has 1 saturated heterocycles. The van der Waals surface area contributed by atoms with Gasteiger partial charge in [0.15, 0.2) is 0 Å². The first-order chi connectivity index (χ1) is 18.6. The molecule has 8 heteroatoms. The molecule has 7 nitrogen and oxygen atoms in total. The van der Waals surface area contributed by atoms with Crippen LogP contribution in [-0.2, 0) is 6.42 Å². The molecule has 0 bridgehead atoms. The molecule has 0 radical (unpaired) electrons. The normalized spacial score (nSPS) is 13.9. The van der Waals surface area contributed by atoms with E-state index in [1.54, 1.807) is 0 Å². The number of aryl methyl sites for hydroxylation is 1. The lowest BCUT2D eigenvalue weighted by Gasteiger charge is -2.36. The van der Waals surface area contributed by atoms with Crippen molar-refractivity contribution in [1.82, 2.24) is 20.0 Å². The lowest BCUT2D eigenvalue weighted by molar-refractivity contribution is 0.0745. The summed E-state index contributed by atoms with van der Waals surface area (Å²) in [7, 11) is 0. The molecule has 1 fully saturated rings. The van der Waals surface area contributed by atoms with Crippen molar-refractivity contribution in [2.24, 2.45) is 0 Å². The molecule has 0 N–H and O–H groups in total. The third-order valence-corrected chi connectivity index (χ3v) is 7.80. The van der Waals surface area contributed by atoms with Crippen molar-refractivity contribution in [2.75, 3.05) is 31.1 Å². The molecule has 192 valence electrons. The van der Waals surface area contributed by atoms with Crippen molar-refractivity contribution < 1.29 is 9.32 Å². The van der Waals surface area contributed by atoms with E-state index in [2.05, 4.69) is 63.2 Å². The average Bonchev–Trinajstić information content (AvgIpc) is 3.39. The molecule has 0 spiro atoms. The highest BCUT2D eigenvalue weighted by Gasteiger charge is 2.28. The zero-order valence-electron chi connectivity index (χ0n) is 21.2. The lowest BCUT2D eigenvalue weighted by atomic mass is 10.0. The largest absolute Gasteiger partial charge is 0.352 e. The Labute approximate surface area is 229 Å². The number of carbonyl (C=O) groups is 1. The summed E-state index contributed by atoms with van der Waals surface area (Å²) in [6.07, 6.45) is 2.85. The van der Waals surface area contributed by atoms with Crippen LogP contribution in [0.25, 0.3) is 33.1 Å².